The maximum atomic E-state index is 12.4. The molecule has 0 aliphatic carbocycles. The van der Waals surface area contributed by atoms with E-state index in [0.717, 1.165) is 12.1 Å². The summed E-state index contributed by atoms with van der Waals surface area (Å²) in [6.45, 7) is -0.110. The van der Waals surface area contributed by atoms with Crippen molar-refractivity contribution in [1.29, 1.82) is 0 Å². The highest BCUT2D eigenvalue weighted by atomic mass is 19.4. The Bertz CT molecular complexity index is 620. The number of amides is 1. The summed E-state index contributed by atoms with van der Waals surface area (Å²) in [4.78, 5) is 11.4. The summed E-state index contributed by atoms with van der Waals surface area (Å²) < 4.78 is 47.5. The Morgan fingerprint density at radius 2 is 1.90 bits per heavy atom. The Morgan fingerprint density at radius 3 is 2.48 bits per heavy atom. The third-order valence-corrected chi connectivity index (χ3v) is 2.67. The lowest BCUT2D eigenvalue weighted by molar-refractivity contribution is -0.137. The number of alkyl halides is 3. The number of carbonyl (C=O) groups is 1. The highest BCUT2D eigenvalue weighted by molar-refractivity contribution is 5.94. The Kier molecular flexibility index (Phi) is 4.18. The van der Waals surface area contributed by atoms with Crippen LogP contribution >= 0.6 is 0 Å². The molecule has 0 aliphatic rings. The topological polar surface area (TPSA) is 77.5 Å². The van der Waals surface area contributed by atoms with Gasteiger partial charge in [0.25, 0.3) is 5.91 Å². The van der Waals surface area contributed by atoms with Crippen LogP contribution in [0.5, 0.6) is 5.75 Å². The van der Waals surface area contributed by atoms with Crippen LogP contribution in [0.4, 0.5) is 13.2 Å². The number of carbonyl (C=O) groups excluding carboxylic acids is 1. The molecule has 0 aliphatic heterocycles. The molecule has 1 aromatic carbocycles. The molecule has 0 saturated carbocycles. The van der Waals surface area contributed by atoms with E-state index >= 15 is 0 Å². The number of hydrogen-bond acceptors (Lipinski definition) is 4. The number of hydrazine groups is 1. The van der Waals surface area contributed by atoms with Crippen molar-refractivity contribution in [2.24, 2.45) is 5.84 Å². The maximum Gasteiger partial charge on any atom is 0.416 e. The van der Waals surface area contributed by atoms with Gasteiger partial charge in [-0.1, -0.05) is 0 Å². The first kappa shape index (κ1) is 14.9. The smallest absolute Gasteiger partial charge is 0.416 e. The molecular weight excluding hydrogens is 289 g/mol. The predicted molar refractivity (Wildman–Crippen MR) is 66.1 cm³/mol. The summed E-state index contributed by atoms with van der Waals surface area (Å²) >= 11 is 0. The van der Waals surface area contributed by atoms with Gasteiger partial charge in [-0.2, -0.15) is 13.2 Å². The van der Waals surface area contributed by atoms with Crippen molar-refractivity contribution in [3.63, 3.8) is 0 Å². The second-order valence-corrected chi connectivity index (χ2v) is 4.04. The largest absolute Gasteiger partial charge is 0.486 e. The van der Waals surface area contributed by atoms with E-state index in [4.69, 9.17) is 15.0 Å². The summed E-state index contributed by atoms with van der Waals surface area (Å²) in [6, 6.07) is 5.60. The summed E-state index contributed by atoms with van der Waals surface area (Å²) in [7, 11) is 0. The quantitative estimate of drug-likeness (QED) is 0.516. The van der Waals surface area contributed by atoms with Crippen molar-refractivity contribution in [2.75, 3.05) is 0 Å². The van der Waals surface area contributed by atoms with E-state index in [1.54, 1.807) is 0 Å². The van der Waals surface area contributed by atoms with Crippen LogP contribution in [0.2, 0.25) is 0 Å². The lowest BCUT2D eigenvalue weighted by Gasteiger charge is -2.09. The number of halogens is 3. The molecule has 3 N–H and O–H groups in total. The number of nitrogen functional groups attached to an aromatic ring is 1. The first-order valence-corrected chi connectivity index (χ1v) is 5.79. The third-order valence-electron chi connectivity index (χ3n) is 2.67. The molecule has 112 valence electrons. The second-order valence-electron chi connectivity index (χ2n) is 4.04. The molecule has 1 heterocycles. The number of benzene rings is 1. The van der Waals surface area contributed by atoms with Crippen molar-refractivity contribution in [2.45, 2.75) is 12.8 Å². The van der Waals surface area contributed by atoms with Crippen molar-refractivity contribution in [3.8, 4) is 5.75 Å². The van der Waals surface area contributed by atoms with Crippen LogP contribution in [0.3, 0.4) is 0 Å². The zero-order valence-corrected chi connectivity index (χ0v) is 10.6. The molecule has 2 rings (SSSR count). The van der Waals surface area contributed by atoms with Gasteiger partial charge >= 0.3 is 6.18 Å². The molecule has 0 fully saturated rings. The monoisotopic (exact) mass is 300 g/mol. The summed E-state index contributed by atoms with van der Waals surface area (Å²) in [6.07, 6.45) is -3.11. The SMILES string of the molecule is NNC(=O)c1ccoc1COc1ccc(C(F)(F)F)cc1. The average Bonchev–Trinajstić information content (AvgIpc) is 2.92. The summed E-state index contributed by atoms with van der Waals surface area (Å²) in [5, 5.41) is 0. The van der Waals surface area contributed by atoms with Gasteiger partial charge in [0.1, 0.15) is 12.4 Å². The van der Waals surface area contributed by atoms with Gasteiger partial charge in [0.2, 0.25) is 0 Å². The van der Waals surface area contributed by atoms with Gasteiger partial charge in [0.05, 0.1) is 17.4 Å². The van der Waals surface area contributed by atoms with Crippen LogP contribution in [0.1, 0.15) is 21.7 Å². The Balaban J connectivity index is 2.04. The molecule has 5 nitrogen and oxygen atoms in total. The zero-order valence-electron chi connectivity index (χ0n) is 10.6. The highest BCUT2D eigenvalue weighted by Gasteiger charge is 2.30. The lowest BCUT2D eigenvalue weighted by Crippen LogP contribution is -2.30. The molecule has 1 amide bonds. The number of nitrogens with one attached hydrogen (secondary N) is 1. The van der Waals surface area contributed by atoms with E-state index in [1.807, 2.05) is 5.43 Å². The number of furan rings is 1. The van der Waals surface area contributed by atoms with Gasteiger partial charge in [-0.25, -0.2) is 5.84 Å². The minimum absolute atomic E-state index is 0.110. The molecule has 8 heteroatoms. The van der Waals surface area contributed by atoms with Crippen LogP contribution in [0, 0.1) is 0 Å². The van der Waals surface area contributed by atoms with E-state index in [9.17, 15) is 18.0 Å². The molecule has 0 unspecified atom stereocenters. The number of rotatable bonds is 4. The summed E-state index contributed by atoms with van der Waals surface area (Å²) in [5.74, 6) is 4.90. The first-order chi connectivity index (χ1) is 9.91. The third kappa shape index (κ3) is 3.54. The van der Waals surface area contributed by atoms with Crippen LogP contribution < -0.4 is 16.0 Å². The fraction of sp³-hybridized carbons (Fsp3) is 0.154. The molecule has 0 bridgehead atoms. The van der Waals surface area contributed by atoms with Gasteiger partial charge in [-0.3, -0.25) is 10.2 Å². The predicted octanol–water partition coefficient (Wildman–Crippen LogP) is 2.48. The Labute approximate surface area is 117 Å². The zero-order chi connectivity index (χ0) is 15.5. The molecule has 0 atom stereocenters. The van der Waals surface area contributed by atoms with Crippen LogP contribution in [0.15, 0.2) is 41.0 Å². The van der Waals surface area contributed by atoms with Crippen LogP contribution in [-0.2, 0) is 12.8 Å². The normalized spacial score (nSPS) is 11.2. The molecule has 0 spiro atoms. The minimum atomic E-state index is -4.40. The Morgan fingerprint density at radius 1 is 1.24 bits per heavy atom. The second kappa shape index (κ2) is 5.88. The number of hydrogen-bond donors (Lipinski definition) is 2. The molecule has 1 aromatic heterocycles. The molecule has 2 aromatic rings. The lowest BCUT2D eigenvalue weighted by atomic mass is 10.2. The summed E-state index contributed by atoms with van der Waals surface area (Å²) in [5.41, 5.74) is 1.38. The highest BCUT2D eigenvalue weighted by Crippen LogP contribution is 2.30. The van der Waals surface area contributed by atoms with Crippen molar-refractivity contribution in [3.05, 3.63) is 53.5 Å². The number of nitrogens with two attached hydrogens (primary N) is 1. The van der Waals surface area contributed by atoms with Crippen molar-refractivity contribution >= 4 is 5.91 Å². The number of ether oxygens (including phenoxy) is 1. The minimum Gasteiger partial charge on any atom is -0.486 e. The Hall–Kier alpha value is -2.48. The van der Waals surface area contributed by atoms with Gasteiger partial charge < -0.3 is 9.15 Å². The van der Waals surface area contributed by atoms with E-state index < -0.39 is 17.6 Å². The standard InChI is InChI=1S/C13H11F3N2O3/c14-13(15,16)8-1-3-9(4-2-8)21-7-11-10(5-6-20-11)12(19)18-17/h1-6H,7,17H2,(H,18,19). The first-order valence-electron chi connectivity index (χ1n) is 5.79. The van der Waals surface area contributed by atoms with Crippen molar-refractivity contribution in [1.82, 2.24) is 5.43 Å². The van der Waals surface area contributed by atoms with E-state index in [0.29, 0.717) is 0 Å². The van der Waals surface area contributed by atoms with Gasteiger partial charge in [0.15, 0.2) is 5.76 Å². The van der Waals surface area contributed by atoms with E-state index in [2.05, 4.69) is 0 Å². The average molecular weight is 300 g/mol. The molecule has 21 heavy (non-hydrogen) atoms. The molecule has 0 saturated heterocycles. The van der Waals surface area contributed by atoms with E-state index in [-0.39, 0.29) is 23.7 Å². The molecule has 0 radical (unpaired) electrons. The van der Waals surface area contributed by atoms with Crippen molar-refractivity contribution < 1.29 is 27.1 Å². The van der Waals surface area contributed by atoms with Gasteiger partial charge in [-0.15, -0.1) is 0 Å². The van der Waals surface area contributed by atoms with E-state index in [1.165, 1.54) is 24.5 Å². The van der Waals surface area contributed by atoms with Gasteiger partial charge in [0, 0.05) is 0 Å². The van der Waals surface area contributed by atoms with Crippen LogP contribution in [-0.4, -0.2) is 5.91 Å². The fourth-order valence-electron chi connectivity index (χ4n) is 1.62. The molecular formula is C13H11F3N2O3. The van der Waals surface area contributed by atoms with Gasteiger partial charge in [-0.05, 0) is 30.3 Å². The fourth-order valence-corrected chi connectivity index (χ4v) is 1.62. The van der Waals surface area contributed by atoms with Crippen LogP contribution in [0.25, 0.3) is 0 Å². The maximum absolute atomic E-state index is 12.4.